The lowest BCUT2D eigenvalue weighted by Crippen LogP contribution is -1.89. The van der Waals surface area contributed by atoms with Crippen molar-refractivity contribution in [3.63, 3.8) is 0 Å². The molecule has 0 bridgehead atoms. The van der Waals surface area contributed by atoms with Crippen molar-refractivity contribution in [1.29, 1.82) is 0 Å². The van der Waals surface area contributed by atoms with Gasteiger partial charge in [-0.25, -0.2) is 0 Å². The average Bonchev–Trinajstić information content (AvgIpc) is 2.71. The maximum Gasteiger partial charge on any atom is 0.0193 e. The van der Waals surface area contributed by atoms with Crippen LogP contribution in [0.1, 0.15) is 45.4 Å². The lowest BCUT2D eigenvalue weighted by Gasteiger charge is -1.96. The van der Waals surface area contributed by atoms with Gasteiger partial charge in [0.25, 0.3) is 0 Å². The van der Waals surface area contributed by atoms with Crippen molar-refractivity contribution < 1.29 is 0 Å². The Balaban J connectivity index is 1.68. The number of hydrogen-bond donors (Lipinski definition) is 1. The maximum atomic E-state index is 3.33. The minimum absolute atomic E-state index is 0.904. The number of nitrogens with one attached hydrogen (secondary N) is 1. The van der Waals surface area contributed by atoms with Crippen LogP contribution in [0.5, 0.6) is 0 Å². The maximum absolute atomic E-state index is 3.33. The molecule has 0 unspecified atom stereocenters. The van der Waals surface area contributed by atoms with Gasteiger partial charge in [0.15, 0.2) is 0 Å². The standard InChI is InChI=1S/C9H19N/c1-2-3-4-5-6-7-9-8-10-9/h9-10H,2-8H2,1H3/t9-/m0/s1. The van der Waals surface area contributed by atoms with Crippen LogP contribution in [0.4, 0.5) is 0 Å². The second-order valence-corrected chi connectivity index (χ2v) is 3.31. The van der Waals surface area contributed by atoms with Crippen LogP contribution in [-0.4, -0.2) is 12.6 Å². The van der Waals surface area contributed by atoms with Crippen LogP contribution < -0.4 is 5.32 Å². The number of unbranched alkanes of at least 4 members (excludes halogenated alkanes) is 4. The summed E-state index contributed by atoms with van der Waals surface area (Å²) >= 11 is 0. The van der Waals surface area contributed by atoms with Crippen molar-refractivity contribution in [3.05, 3.63) is 0 Å². The van der Waals surface area contributed by atoms with Gasteiger partial charge in [-0.1, -0.05) is 39.0 Å². The van der Waals surface area contributed by atoms with Crippen molar-refractivity contribution in [2.45, 2.75) is 51.5 Å². The zero-order valence-corrected chi connectivity index (χ0v) is 7.03. The highest BCUT2D eigenvalue weighted by Gasteiger charge is 2.17. The average molecular weight is 141 g/mol. The van der Waals surface area contributed by atoms with Gasteiger partial charge in [0.05, 0.1) is 0 Å². The van der Waals surface area contributed by atoms with E-state index in [4.69, 9.17) is 0 Å². The molecule has 0 aromatic heterocycles. The van der Waals surface area contributed by atoms with E-state index in [-0.39, 0.29) is 0 Å². The molecular weight excluding hydrogens is 122 g/mol. The van der Waals surface area contributed by atoms with E-state index >= 15 is 0 Å². The highest BCUT2D eigenvalue weighted by molar-refractivity contribution is 4.82. The highest BCUT2D eigenvalue weighted by atomic mass is 15.1. The first-order valence-electron chi connectivity index (χ1n) is 4.67. The van der Waals surface area contributed by atoms with Crippen LogP contribution in [0.3, 0.4) is 0 Å². The molecule has 1 saturated heterocycles. The summed E-state index contributed by atoms with van der Waals surface area (Å²) in [6.45, 7) is 3.55. The molecule has 1 fully saturated rings. The molecule has 0 aromatic carbocycles. The van der Waals surface area contributed by atoms with Crippen LogP contribution in [0, 0.1) is 0 Å². The Labute approximate surface area is 64.2 Å². The Kier molecular flexibility index (Phi) is 3.81. The predicted octanol–water partition coefficient (Wildman–Crippen LogP) is 2.32. The molecular formula is C9H19N. The van der Waals surface area contributed by atoms with Crippen LogP contribution in [-0.2, 0) is 0 Å². The molecule has 0 radical (unpaired) electrons. The Hall–Kier alpha value is -0.0400. The molecule has 0 spiro atoms. The molecule has 1 heteroatoms. The van der Waals surface area contributed by atoms with E-state index < -0.39 is 0 Å². The lowest BCUT2D eigenvalue weighted by atomic mass is 10.1. The molecule has 1 rings (SSSR count). The first-order chi connectivity index (χ1) is 4.93. The Bertz CT molecular complexity index is 76.8. The van der Waals surface area contributed by atoms with Crippen LogP contribution in [0.25, 0.3) is 0 Å². The molecule has 0 amide bonds. The molecule has 0 saturated carbocycles. The zero-order chi connectivity index (χ0) is 7.23. The van der Waals surface area contributed by atoms with Gasteiger partial charge in [-0.15, -0.1) is 0 Å². The third-order valence-electron chi connectivity index (χ3n) is 2.15. The largest absolute Gasteiger partial charge is 0.311 e. The molecule has 1 atom stereocenters. The number of hydrogen-bond acceptors (Lipinski definition) is 1. The Morgan fingerprint density at radius 3 is 2.50 bits per heavy atom. The summed E-state index contributed by atoms with van der Waals surface area (Å²) in [6, 6.07) is 0.904. The van der Waals surface area contributed by atoms with Crippen molar-refractivity contribution >= 4 is 0 Å². The van der Waals surface area contributed by atoms with Crippen LogP contribution >= 0.6 is 0 Å². The predicted molar refractivity (Wildman–Crippen MR) is 45.2 cm³/mol. The highest BCUT2D eigenvalue weighted by Crippen LogP contribution is 2.11. The number of rotatable bonds is 6. The summed E-state index contributed by atoms with van der Waals surface area (Å²) in [4.78, 5) is 0. The van der Waals surface area contributed by atoms with Crippen molar-refractivity contribution in [2.75, 3.05) is 6.54 Å². The van der Waals surface area contributed by atoms with Gasteiger partial charge < -0.3 is 5.32 Å². The smallest absolute Gasteiger partial charge is 0.0193 e. The fourth-order valence-corrected chi connectivity index (χ4v) is 1.28. The van der Waals surface area contributed by atoms with Gasteiger partial charge in [0, 0.05) is 12.6 Å². The van der Waals surface area contributed by atoms with E-state index in [0.717, 1.165) is 6.04 Å². The second-order valence-electron chi connectivity index (χ2n) is 3.31. The first kappa shape index (κ1) is 8.06. The molecule has 0 aliphatic carbocycles. The summed E-state index contributed by atoms with van der Waals surface area (Å²) < 4.78 is 0. The Morgan fingerprint density at radius 2 is 1.90 bits per heavy atom. The molecule has 10 heavy (non-hydrogen) atoms. The lowest BCUT2D eigenvalue weighted by molar-refractivity contribution is 0.604. The Morgan fingerprint density at radius 1 is 1.20 bits per heavy atom. The van der Waals surface area contributed by atoms with E-state index in [9.17, 15) is 0 Å². The minimum Gasteiger partial charge on any atom is -0.311 e. The van der Waals surface area contributed by atoms with Gasteiger partial charge in [0.2, 0.25) is 0 Å². The van der Waals surface area contributed by atoms with Crippen molar-refractivity contribution in [3.8, 4) is 0 Å². The van der Waals surface area contributed by atoms with E-state index in [1.807, 2.05) is 0 Å². The third-order valence-corrected chi connectivity index (χ3v) is 2.15. The van der Waals surface area contributed by atoms with Gasteiger partial charge in [-0.05, 0) is 6.42 Å². The SMILES string of the molecule is CCCCCCC[C@H]1CN1. The monoisotopic (exact) mass is 141 g/mol. The summed E-state index contributed by atoms with van der Waals surface area (Å²) in [5.41, 5.74) is 0. The molecule has 1 aliphatic heterocycles. The van der Waals surface area contributed by atoms with Crippen molar-refractivity contribution in [1.82, 2.24) is 5.32 Å². The summed E-state index contributed by atoms with van der Waals surface area (Å²) in [7, 11) is 0. The summed E-state index contributed by atoms with van der Waals surface area (Å²) in [5.74, 6) is 0. The van der Waals surface area contributed by atoms with Crippen molar-refractivity contribution in [2.24, 2.45) is 0 Å². The van der Waals surface area contributed by atoms with E-state index in [1.54, 1.807) is 0 Å². The first-order valence-corrected chi connectivity index (χ1v) is 4.67. The summed E-state index contributed by atoms with van der Waals surface area (Å²) in [5, 5.41) is 3.33. The summed E-state index contributed by atoms with van der Waals surface area (Å²) in [6.07, 6.45) is 8.55. The fraction of sp³-hybridized carbons (Fsp3) is 1.00. The van der Waals surface area contributed by atoms with Gasteiger partial charge in [-0.2, -0.15) is 0 Å². The molecule has 1 nitrogen and oxygen atoms in total. The van der Waals surface area contributed by atoms with E-state index in [1.165, 1.54) is 45.1 Å². The van der Waals surface area contributed by atoms with E-state index in [2.05, 4.69) is 12.2 Å². The normalized spacial score (nSPS) is 23.1. The minimum atomic E-state index is 0.904. The molecule has 60 valence electrons. The fourth-order valence-electron chi connectivity index (χ4n) is 1.28. The van der Waals surface area contributed by atoms with Crippen LogP contribution in [0.2, 0.25) is 0 Å². The van der Waals surface area contributed by atoms with Gasteiger partial charge in [-0.3, -0.25) is 0 Å². The topological polar surface area (TPSA) is 21.9 Å². The molecule has 1 N–H and O–H groups in total. The quantitative estimate of drug-likeness (QED) is 0.445. The second kappa shape index (κ2) is 4.73. The van der Waals surface area contributed by atoms with Crippen LogP contribution in [0.15, 0.2) is 0 Å². The molecule has 1 heterocycles. The molecule has 0 aromatic rings. The van der Waals surface area contributed by atoms with E-state index in [0.29, 0.717) is 0 Å². The zero-order valence-electron chi connectivity index (χ0n) is 7.03. The van der Waals surface area contributed by atoms with Gasteiger partial charge >= 0.3 is 0 Å². The third kappa shape index (κ3) is 3.89. The molecule has 1 aliphatic rings. The van der Waals surface area contributed by atoms with Gasteiger partial charge in [0.1, 0.15) is 0 Å².